The van der Waals surface area contributed by atoms with Crippen LogP contribution in [0.1, 0.15) is 16.2 Å². The molecule has 0 aromatic carbocycles. The third-order valence-corrected chi connectivity index (χ3v) is 1.63. The molecule has 0 fully saturated rings. The summed E-state index contributed by atoms with van der Waals surface area (Å²) >= 11 is 0. The smallest absolute Gasteiger partial charge is 0.291 e. The van der Waals surface area contributed by atoms with Gasteiger partial charge in [-0.1, -0.05) is 0 Å². The summed E-state index contributed by atoms with van der Waals surface area (Å²) in [6, 6.07) is 0. The van der Waals surface area contributed by atoms with Crippen LogP contribution in [0.2, 0.25) is 0 Å². The Morgan fingerprint density at radius 3 is 2.92 bits per heavy atom. The second-order valence-electron chi connectivity index (χ2n) is 2.39. The first-order valence-corrected chi connectivity index (χ1v) is 3.40. The molecule has 0 atom stereocenters. The number of aromatic nitrogens is 2. The van der Waals surface area contributed by atoms with Gasteiger partial charge in [0.05, 0.1) is 6.33 Å². The van der Waals surface area contributed by atoms with Crippen molar-refractivity contribution < 1.29 is 4.79 Å². The maximum atomic E-state index is 11.2. The summed E-state index contributed by atoms with van der Waals surface area (Å²) in [5, 5.41) is 3.26. The predicted molar refractivity (Wildman–Crippen MR) is 45.0 cm³/mol. The third-order valence-electron chi connectivity index (χ3n) is 1.63. The Morgan fingerprint density at radius 2 is 2.50 bits per heavy atom. The van der Waals surface area contributed by atoms with Crippen LogP contribution in [0.25, 0.3) is 0 Å². The fourth-order valence-electron chi connectivity index (χ4n) is 0.839. The lowest BCUT2D eigenvalue weighted by Crippen LogP contribution is -2.18. The average molecular weight is 166 g/mol. The van der Waals surface area contributed by atoms with Crippen molar-refractivity contribution in [3.05, 3.63) is 17.7 Å². The minimum Gasteiger partial charge on any atom is -0.337 e. The van der Waals surface area contributed by atoms with E-state index >= 15 is 0 Å². The molecule has 1 aromatic rings. The van der Waals surface area contributed by atoms with E-state index in [0.717, 1.165) is 5.69 Å². The number of imidazole rings is 1. The highest BCUT2D eigenvalue weighted by molar-refractivity contribution is 5.93. The van der Waals surface area contributed by atoms with Gasteiger partial charge in [0.1, 0.15) is 0 Å². The highest BCUT2D eigenvalue weighted by atomic mass is 16.2. The minimum atomic E-state index is -0.330. The summed E-state index contributed by atoms with van der Waals surface area (Å²) in [5.41, 5.74) is 3.40. The van der Waals surface area contributed by atoms with E-state index in [1.165, 1.54) is 0 Å². The van der Waals surface area contributed by atoms with Crippen molar-refractivity contribution in [1.82, 2.24) is 15.0 Å². The molecule has 1 N–H and O–H groups in total. The Balaban J connectivity index is 2.95. The van der Waals surface area contributed by atoms with Gasteiger partial charge >= 0.3 is 0 Å². The second-order valence-corrected chi connectivity index (χ2v) is 2.39. The first-order valence-electron chi connectivity index (χ1n) is 3.40. The van der Waals surface area contributed by atoms with Gasteiger partial charge in [0, 0.05) is 19.5 Å². The van der Waals surface area contributed by atoms with Gasteiger partial charge < -0.3 is 4.57 Å². The number of carbonyl (C=O) groups is 1. The molecular weight excluding hydrogens is 156 g/mol. The summed E-state index contributed by atoms with van der Waals surface area (Å²) in [7, 11) is 1.82. The fraction of sp³-hybridized carbons (Fsp3) is 0.286. The van der Waals surface area contributed by atoms with Crippen molar-refractivity contribution in [2.45, 2.75) is 6.92 Å². The van der Waals surface area contributed by atoms with Gasteiger partial charge in [0.25, 0.3) is 5.91 Å². The van der Waals surface area contributed by atoms with Crippen LogP contribution >= 0.6 is 0 Å². The molecule has 12 heavy (non-hydrogen) atoms. The average Bonchev–Trinajstić information content (AvgIpc) is 2.34. The van der Waals surface area contributed by atoms with Crippen LogP contribution in [-0.2, 0) is 7.05 Å². The topological polar surface area (TPSA) is 59.3 Å². The van der Waals surface area contributed by atoms with Crippen LogP contribution in [0.4, 0.5) is 0 Å². The third kappa shape index (κ3) is 1.34. The Kier molecular flexibility index (Phi) is 2.23. The molecule has 0 aliphatic rings. The van der Waals surface area contributed by atoms with Crippen LogP contribution in [-0.4, -0.2) is 22.2 Å². The Labute approximate surface area is 70.1 Å². The van der Waals surface area contributed by atoms with Gasteiger partial charge in [-0.15, -0.1) is 0 Å². The van der Waals surface area contributed by atoms with E-state index in [1.54, 1.807) is 10.9 Å². The molecule has 5 nitrogen and oxygen atoms in total. The summed E-state index contributed by atoms with van der Waals surface area (Å²) in [6.45, 7) is 4.96. The molecule has 0 bridgehead atoms. The standard InChI is InChI=1S/C7H10N4O/c1-5-6(7(12)10-8-2)9-4-11(5)3/h4H,2H2,1,3H3,(H,10,12). The molecular formula is C7H10N4O. The number of hydrogen-bond donors (Lipinski definition) is 1. The maximum Gasteiger partial charge on any atom is 0.291 e. The first kappa shape index (κ1) is 8.45. The monoisotopic (exact) mass is 166 g/mol. The number of hydrogen-bond acceptors (Lipinski definition) is 3. The van der Waals surface area contributed by atoms with Gasteiger partial charge in [0.2, 0.25) is 0 Å². The molecule has 0 saturated heterocycles. The quantitative estimate of drug-likeness (QED) is 0.499. The van der Waals surface area contributed by atoms with E-state index in [0.29, 0.717) is 5.69 Å². The van der Waals surface area contributed by atoms with Crippen LogP contribution in [0, 0.1) is 6.92 Å². The van der Waals surface area contributed by atoms with Crippen LogP contribution in [0.5, 0.6) is 0 Å². The van der Waals surface area contributed by atoms with E-state index < -0.39 is 0 Å². The number of rotatable bonds is 2. The van der Waals surface area contributed by atoms with Gasteiger partial charge in [-0.3, -0.25) is 4.79 Å². The normalized spacial score (nSPS) is 9.50. The summed E-state index contributed by atoms with van der Waals surface area (Å²) in [6.07, 6.45) is 1.58. The van der Waals surface area contributed by atoms with Crippen LogP contribution in [0.3, 0.4) is 0 Å². The largest absolute Gasteiger partial charge is 0.337 e. The molecule has 1 aromatic heterocycles. The zero-order valence-corrected chi connectivity index (χ0v) is 7.03. The van der Waals surface area contributed by atoms with Crippen molar-refractivity contribution >= 4 is 12.6 Å². The van der Waals surface area contributed by atoms with Crippen molar-refractivity contribution in [2.75, 3.05) is 0 Å². The van der Waals surface area contributed by atoms with E-state index in [1.807, 2.05) is 14.0 Å². The molecule has 64 valence electrons. The highest BCUT2D eigenvalue weighted by Crippen LogP contribution is 2.02. The Bertz CT molecular complexity index is 315. The van der Waals surface area contributed by atoms with E-state index in [4.69, 9.17) is 0 Å². The first-order chi connectivity index (χ1) is 5.66. The molecule has 0 saturated carbocycles. The van der Waals surface area contributed by atoms with Gasteiger partial charge in [-0.05, 0) is 6.92 Å². The molecule has 1 rings (SSSR count). The maximum absolute atomic E-state index is 11.2. The SMILES string of the molecule is C=NNC(=O)c1ncn(C)c1C. The number of amides is 1. The molecule has 0 unspecified atom stereocenters. The minimum absolute atomic E-state index is 0.330. The molecule has 1 amide bonds. The van der Waals surface area contributed by atoms with Crippen molar-refractivity contribution in [2.24, 2.45) is 12.1 Å². The highest BCUT2D eigenvalue weighted by Gasteiger charge is 2.11. The number of aryl methyl sites for hydroxylation is 1. The lowest BCUT2D eigenvalue weighted by molar-refractivity contribution is 0.0950. The molecule has 5 heteroatoms. The molecule has 1 heterocycles. The van der Waals surface area contributed by atoms with Gasteiger partial charge in [0.15, 0.2) is 5.69 Å². The zero-order chi connectivity index (χ0) is 9.14. The Hall–Kier alpha value is -1.65. The van der Waals surface area contributed by atoms with Crippen molar-refractivity contribution in [3.63, 3.8) is 0 Å². The number of nitrogens with zero attached hydrogens (tertiary/aromatic N) is 3. The van der Waals surface area contributed by atoms with Gasteiger partial charge in [-0.25, -0.2) is 10.4 Å². The van der Waals surface area contributed by atoms with Crippen molar-refractivity contribution in [1.29, 1.82) is 0 Å². The molecule has 0 aliphatic heterocycles. The summed E-state index contributed by atoms with van der Waals surface area (Å²) in [5.74, 6) is -0.330. The zero-order valence-electron chi connectivity index (χ0n) is 7.03. The van der Waals surface area contributed by atoms with Gasteiger partial charge in [-0.2, -0.15) is 5.10 Å². The lowest BCUT2D eigenvalue weighted by atomic mass is 10.3. The molecule has 0 spiro atoms. The van der Waals surface area contributed by atoms with E-state index in [2.05, 4.69) is 22.2 Å². The predicted octanol–water partition coefficient (Wildman–Crippen LogP) is 0.0739. The lowest BCUT2D eigenvalue weighted by Gasteiger charge is -1.97. The van der Waals surface area contributed by atoms with E-state index in [9.17, 15) is 4.79 Å². The molecule has 0 radical (unpaired) electrons. The number of hydrazone groups is 1. The summed E-state index contributed by atoms with van der Waals surface area (Å²) < 4.78 is 1.76. The Morgan fingerprint density at radius 1 is 1.83 bits per heavy atom. The van der Waals surface area contributed by atoms with Crippen LogP contribution < -0.4 is 5.43 Å². The van der Waals surface area contributed by atoms with E-state index in [-0.39, 0.29) is 5.91 Å². The number of carbonyl (C=O) groups excluding carboxylic acids is 1. The fourth-order valence-corrected chi connectivity index (χ4v) is 0.839. The second kappa shape index (κ2) is 3.17. The number of nitrogens with one attached hydrogen (secondary N) is 1. The van der Waals surface area contributed by atoms with Crippen LogP contribution in [0.15, 0.2) is 11.4 Å². The molecule has 0 aliphatic carbocycles. The summed E-state index contributed by atoms with van der Waals surface area (Å²) in [4.78, 5) is 15.1. The van der Waals surface area contributed by atoms with Crippen molar-refractivity contribution in [3.8, 4) is 0 Å².